The third-order valence-corrected chi connectivity index (χ3v) is 3.46. The fourth-order valence-electron chi connectivity index (χ4n) is 2.15. The van der Waals surface area contributed by atoms with E-state index in [4.69, 9.17) is 14.3 Å². The lowest BCUT2D eigenvalue weighted by Gasteiger charge is -2.26. The summed E-state index contributed by atoms with van der Waals surface area (Å²) in [6.07, 6.45) is 0.311. The Hall–Kier alpha value is -1.34. The van der Waals surface area contributed by atoms with Crippen molar-refractivity contribution in [3.05, 3.63) is 22.1 Å². The molecular weight excluding hydrogens is 318 g/mol. The van der Waals surface area contributed by atoms with E-state index in [1.807, 2.05) is 0 Å². The van der Waals surface area contributed by atoms with Crippen molar-refractivity contribution >= 4 is 27.8 Å². The Bertz CT molecular complexity index is 504. The molecule has 0 spiro atoms. The summed E-state index contributed by atoms with van der Waals surface area (Å²) in [5.74, 6) is -1.21. The molecule has 7 heteroatoms. The number of amides is 1. The molecule has 1 aromatic heterocycles. The fraction of sp³-hybridized carbons (Fsp3) is 0.500. The van der Waals surface area contributed by atoms with Gasteiger partial charge in [-0.1, -0.05) is 0 Å². The molecule has 0 saturated carbocycles. The fourth-order valence-corrected chi connectivity index (χ4v) is 2.65. The minimum Gasteiger partial charge on any atom is -0.481 e. The Morgan fingerprint density at radius 3 is 2.79 bits per heavy atom. The molecule has 19 heavy (non-hydrogen) atoms. The highest BCUT2D eigenvalue weighted by Crippen LogP contribution is 2.25. The zero-order valence-electron chi connectivity index (χ0n) is 10.4. The van der Waals surface area contributed by atoms with Gasteiger partial charge in [0.25, 0.3) is 5.91 Å². The van der Waals surface area contributed by atoms with Gasteiger partial charge in [-0.25, -0.2) is 0 Å². The largest absolute Gasteiger partial charge is 0.481 e. The number of carbonyl (C=O) groups excluding carboxylic acids is 1. The van der Waals surface area contributed by atoms with Crippen molar-refractivity contribution in [1.29, 1.82) is 0 Å². The van der Waals surface area contributed by atoms with Crippen LogP contribution < -0.4 is 5.32 Å². The predicted octanol–water partition coefficient (Wildman–Crippen LogP) is 1.71. The SMILES string of the molecule is Cc1cc(Br)oc1C(=O)NC1(CC(=O)O)CCOC1. The van der Waals surface area contributed by atoms with Crippen molar-refractivity contribution in [3.63, 3.8) is 0 Å². The molecule has 1 amide bonds. The molecule has 0 bridgehead atoms. The van der Waals surface area contributed by atoms with Crippen molar-refractivity contribution < 1.29 is 23.8 Å². The normalized spacial score (nSPS) is 22.4. The Labute approximate surface area is 118 Å². The first kappa shape index (κ1) is 14.1. The third-order valence-electron chi connectivity index (χ3n) is 3.07. The van der Waals surface area contributed by atoms with Crippen LogP contribution in [0.25, 0.3) is 0 Å². The van der Waals surface area contributed by atoms with Gasteiger partial charge in [-0.2, -0.15) is 0 Å². The van der Waals surface area contributed by atoms with E-state index in [9.17, 15) is 9.59 Å². The van der Waals surface area contributed by atoms with Crippen molar-refractivity contribution in [2.24, 2.45) is 0 Å². The van der Waals surface area contributed by atoms with Crippen molar-refractivity contribution in [2.75, 3.05) is 13.2 Å². The highest BCUT2D eigenvalue weighted by atomic mass is 79.9. The molecule has 0 radical (unpaired) electrons. The lowest BCUT2D eigenvalue weighted by molar-refractivity contribution is -0.138. The summed E-state index contributed by atoms with van der Waals surface area (Å²) < 4.78 is 10.9. The van der Waals surface area contributed by atoms with Crippen LogP contribution in [0.4, 0.5) is 0 Å². The standard InChI is InChI=1S/C12H14BrNO5/c1-7-4-8(13)19-10(7)11(17)14-12(5-9(15)16)2-3-18-6-12/h4H,2-3,5-6H2,1H3,(H,14,17)(H,15,16). The molecule has 1 fully saturated rings. The summed E-state index contributed by atoms with van der Waals surface area (Å²) in [5, 5.41) is 11.7. The molecule has 6 nitrogen and oxygen atoms in total. The number of ether oxygens (including phenoxy) is 1. The lowest BCUT2D eigenvalue weighted by Crippen LogP contribution is -2.50. The molecule has 2 heterocycles. The van der Waals surface area contributed by atoms with Gasteiger partial charge in [0.15, 0.2) is 10.4 Å². The molecule has 2 rings (SSSR count). The van der Waals surface area contributed by atoms with Gasteiger partial charge in [0.2, 0.25) is 0 Å². The van der Waals surface area contributed by atoms with Crippen LogP contribution in [0.5, 0.6) is 0 Å². The quantitative estimate of drug-likeness (QED) is 0.876. The van der Waals surface area contributed by atoms with Crippen LogP contribution >= 0.6 is 15.9 Å². The third kappa shape index (κ3) is 3.16. The minimum absolute atomic E-state index is 0.167. The molecule has 2 N–H and O–H groups in total. The number of nitrogens with one attached hydrogen (secondary N) is 1. The lowest BCUT2D eigenvalue weighted by atomic mass is 9.94. The summed E-state index contributed by atoms with van der Waals surface area (Å²) in [7, 11) is 0. The summed E-state index contributed by atoms with van der Waals surface area (Å²) in [6, 6.07) is 1.68. The number of hydrogen-bond acceptors (Lipinski definition) is 4. The summed E-state index contributed by atoms with van der Waals surface area (Å²) in [5.41, 5.74) is -0.164. The Morgan fingerprint density at radius 2 is 2.32 bits per heavy atom. The maximum atomic E-state index is 12.1. The first-order valence-electron chi connectivity index (χ1n) is 5.80. The van der Waals surface area contributed by atoms with E-state index in [-0.39, 0.29) is 18.8 Å². The van der Waals surface area contributed by atoms with Gasteiger partial charge in [0.1, 0.15) is 0 Å². The number of furan rings is 1. The van der Waals surface area contributed by atoms with E-state index < -0.39 is 17.4 Å². The van der Waals surface area contributed by atoms with Gasteiger partial charge in [-0.3, -0.25) is 9.59 Å². The highest BCUT2D eigenvalue weighted by Gasteiger charge is 2.39. The molecule has 0 aromatic carbocycles. The molecule has 1 aliphatic heterocycles. The van der Waals surface area contributed by atoms with Gasteiger partial charge in [0, 0.05) is 12.2 Å². The topological polar surface area (TPSA) is 88.8 Å². The average Bonchev–Trinajstić information content (AvgIpc) is 2.85. The van der Waals surface area contributed by atoms with Gasteiger partial charge >= 0.3 is 5.97 Å². The van der Waals surface area contributed by atoms with Gasteiger partial charge in [0.05, 0.1) is 18.6 Å². The summed E-state index contributed by atoms with van der Waals surface area (Å²) in [6.45, 7) is 2.39. The minimum atomic E-state index is -0.969. The van der Waals surface area contributed by atoms with Crippen molar-refractivity contribution in [3.8, 4) is 0 Å². The zero-order chi connectivity index (χ0) is 14.0. The average molecular weight is 332 g/mol. The van der Waals surface area contributed by atoms with Crippen LogP contribution in [-0.4, -0.2) is 35.7 Å². The van der Waals surface area contributed by atoms with Gasteiger partial charge < -0.3 is 19.6 Å². The van der Waals surface area contributed by atoms with Crippen molar-refractivity contribution in [1.82, 2.24) is 5.32 Å². The molecular formula is C12H14BrNO5. The van der Waals surface area contributed by atoms with E-state index in [2.05, 4.69) is 21.2 Å². The number of halogens is 1. The molecule has 1 aliphatic rings. The van der Waals surface area contributed by atoms with E-state index in [0.29, 0.717) is 23.3 Å². The van der Waals surface area contributed by atoms with Crippen LogP contribution in [0.1, 0.15) is 29.0 Å². The summed E-state index contributed by atoms with van der Waals surface area (Å²) >= 11 is 3.15. The smallest absolute Gasteiger partial charge is 0.305 e. The first-order valence-corrected chi connectivity index (χ1v) is 6.59. The van der Waals surface area contributed by atoms with Crippen LogP contribution in [0.3, 0.4) is 0 Å². The number of carboxylic acid groups (broad SMARTS) is 1. The van der Waals surface area contributed by atoms with Crippen LogP contribution in [-0.2, 0) is 9.53 Å². The maximum Gasteiger partial charge on any atom is 0.305 e. The highest BCUT2D eigenvalue weighted by molar-refractivity contribution is 9.10. The van der Waals surface area contributed by atoms with E-state index >= 15 is 0 Å². The van der Waals surface area contributed by atoms with Crippen LogP contribution in [0, 0.1) is 6.92 Å². The molecule has 104 valence electrons. The van der Waals surface area contributed by atoms with Crippen LogP contribution in [0.2, 0.25) is 0 Å². The van der Waals surface area contributed by atoms with Crippen LogP contribution in [0.15, 0.2) is 15.2 Å². The molecule has 1 unspecified atom stereocenters. The maximum absolute atomic E-state index is 12.1. The number of aryl methyl sites for hydroxylation is 1. The number of carboxylic acids is 1. The number of rotatable bonds is 4. The number of aliphatic carboxylic acids is 1. The van der Waals surface area contributed by atoms with E-state index in [1.54, 1.807) is 13.0 Å². The molecule has 0 aliphatic carbocycles. The first-order chi connectivity index (χ1) is 8.92. The molecule has 1 atom stereocenters. The van der Waals surface area contributed by atoms with Crippen molar-refractivity contribution in [2.45, 2.75) is 25.3 Å². The number of carbonyl (C=O) groups is 2. The van der Waals surface area contributed by atoms with Gasteiger partial charge in [-0.05, 0) is 35.3 Å². The second kappa shape index (κ2) is 5.34. The van der Waals surface area contributed by atoms with E-state index in [1.165, 1.54) is 0 Å². The van der Waals surface area contributed by atoms with E-state index in [0.717, 1.165) is 0 Å². The Morgan fingerprint density at radius 1 is 1.58 bits per heavy atom. The Balaban J connectivity index is 2.15. The molecule has 1 saturated heterocycles. The Kier molecular flexibility index (Phi) is 3.96. The zero-order valence-corrected chi connectivity index (χ0v) is 11.9. The number of hydrogen-bond donors (Lipinski definition) is 2. The van der Waals surface area contributed by atoms with Gasteiger partial charge in [-0.15, -0.1) is 0 Å². The monoisotopic (exact) mass is 331 g/mol. The summed E-state index contributed by atoms with van der Waals surface area (Å²) in [4.78, 5) is 23.1. The second-order valence-electron chi connectivity index (χ2n) is 4.67. The second-order valence-corrected chi connectivity index (χ2v) is 5.45. The predicted molar refractivity (Wildman–Crippen MR) is 69.0 cm³/mol. The molecule has 1 aromatic rings.